The van der Waals surface area contributed by atoms with Gasteiger partial charge < -0.3 is 4.74 Å². The van der Waals surface area contributed by atoms with Crippen LogP contribution in [0.1, 0.15) is 10.4 Å². The molecule has 0 fully saturated rings. The Morgan fingerprint density at radius 1 is 1.24 bits per heavy atom. The predicted octanol–water partition coefficient (Wildman–Crippen LogP) is 4.22. The maximum Gasteiger partial charge on any atom is 0.273 e. The molecule has 0 spiro atoms. The molecule has 5 nitrogen and oxygen atoms in total. The molecule has 2 aromatic carbocycles. The SMILES string of the molecule is O=C(COc1cc([N+](=O)[O-])ccc1Br)c1ccc(I)cc1. The Morgan fingerprint density at radius 2 is 1.90 bits per heavy atom. The molecule has 0 aromatic heterocycles. The van der Waals surface area contributed by atoms with Crippen molar-refractivity contribution in [1.29, 1.82) is 0 Å². The van der Waals surface area contributed by atoms with Crippen molar-refractivity contribution in [3.8, 4) is 5.75 Å². The van der Waals surface area contributed by atoms with Crippen LogP contribution >= 0.6 is 38.5 Å². The lowest BCUT2D eigenvalue weighted by atomic mass is 10.1. The maximum absolute atomic E-state index is 12.0. The molecule has 7 heteroatoms. The summed E-state index contributed by atoms with van der Waals surface area (Å²) in [5.74, 6) is 0.0767. The molecule has 0 saturated carbocycles. The summed E-state index contributed by atoms with van der Waals surface area (Å²) in [5, 5.41) is 10.7. The van der Waals surface area contributed by atoms with Gasteiger partial charge in [-0.1, -0.05) is 12.1 Å². The van der Waals surface area contributed by atoms with Crippen LogP contribution in [0.2, 0.25) is 0 Å². The van der Waals surface area contributed by atoms with Gasteiger partial charge in [-0.05, 0) is 56.7 Å². The van der Waals surface area contributed by atoms with Crippen molar-refractivity contribution in [2.45, 2.75) is 0 Å². The third-order valence-electron chi connectivity index (χ3n) is 2.65. The fourth-order valence-corrected chi connectivity index (χ4v) is 2.30. The Hall–Kier alpha value is -1.48. The number of nitro benzene ring substituents is 1. The molecule has 0 aliphatic carbocycles. The Labute approximate surface area is 142 Å². The van der Waals surface area contributed by atoms with Gasteiger partial charge in [-0.25, -0.2) is 0 Å². The van der Waals surface area contributed by atoms with E-state index in [0.29, 0.717) is 10.0 Å². The van der Waals surface area contributed by atoms with Crippen molar-refractivity contribution in [3.05, 3.63) is 66.2 Å². The van der Waals surface area contributed by atoms with Gasteiger partial charge in [-0.2, -0.15) is 0 Å². The first-order valence-electron chi connectivity index (χ1n) is 5.83. The van der Waals surface area contributed by atoms with E-state index in [-0.39, 0.29) is 23.8 Å². The minimum absolute atomic E-state index is 0.0880. The third-order valence-corrected chi connectivity index (χ3v) is 4.02. The minimum Gasteiger partial charge on any atom is -0.484 e. The van der Waals surface area contributed by atoms with Crippen molar-refractivity contribution in [2.75, 3.05) is 6.61 Å². The first-order valence-corrected chi connectivity index (χ1v) is 7.70. The summed E-state index contributed by atoms with van der Waals surface area (Å²) < 4.78 is 6.96. The van der Waals surface area contributed by atoms with Crippen LogP contribution < -0.4 is 4.74 Å². The average Bonchev–Trinajstić information content (AvgIpc) is 2.46. The van der Waals surface area contributed by atoms with E-state index in [1.165, 1.54) is 18.2 Å². The van der Waals surface area contributed by atoms with E-state index in [1.54, 1.807) is 12.1 Å². The monoisotopic (exact) mass is 461 g/mol. The molecule has 0 saturated heterocycles. The van der Waals surface area contributed by atoms with E-state index in [9.17, 15) is 14.9 Å². The van der Waals surface area contributed by atoms with E-state index in [0.717, 1.165) is 3.57 Å². The van der Waals surface area contributed by atoms with Crippen molar-refractivity contribution in [2.24, 2.45) is 0 Å². The topological polar surface area (TPSA) is 69.4 Å². The van der Waals surface area contributed by atoms with Crippen molar-refractivity contribution < 1.29 is 14.5 Å². The van der Waals surface area contributed by atoms with E-state index in [2.05, 4.69) is 38.5 Å². The van der Waals surface area contributed by atoms with Gasteiger partial charge in [-0.15, -0.1) is 0 Å². The number of nitro groups is 1. The van der Waals surface area contributed by atoms with Crippen LogP contribution in [0.3, 0.4) is 0 Å². The number of carbonyl (C=O) groups is 1. The maximum atomic E-state index is 12.0. The van der Waals surface area contributed by atoms with Crippen molar-refractivity contribution in [1.82, 2.24) is 0 Å². The zero-order valence-electron chi connectivity index (χ0n) is 10.6. The lowest BCUT2D eigenvalue weighted by Gasteiger charge is -2.07. The van der Waals surface area contributed by atoms with E-state index < -0.39 is 4.92 Å². The van der Waals surface area contributed by atoms with Crippen LogP contribution in [-0.2, 0) is 0 Å². The van der Waals surface area contributed by atoms with Crippen LogP contribution in [0.4, 0.5) is 5.69 Å². The second kappa shape index (κ2) is 6.99. The molecule has 0 atom stereocenters. The van der Waals surface area contributed by atoms with Crippen LogP contribution in [0.5, 0.6) is 5.75 Å². The lowest BCUT2D eigenvalue weighted by molar-refractivity contribution is -0.384. The van der Waals surface area contributed by atoms with Crippen molar-refractivity contribution >= 4 is 50.0 Å². The molecule has 0 aliphatic rings. The fourth-order valence-electron chi connectivity index (χ4n) is 1.58. The largest absolute Gasteiger partial charge is 0.484 e. The van der Waals surface area contributed by atoms with Crippen LogP contribution in [0.15, 0.2) is 46.9 Å². The Balaban J connectivity index is 2.09. The third kappa shape index (κ3) is 4.24. The Bertz CT molecular complexity index is 688. The minimum atomic E-state index is -0.514. The molecule has 0 heterocycles. The number of hydrogen-bond acceptors (Lipinski definition) is 4. The quantitative estimate of drug-likeness (QED) is 0.289. The Kier molecular flexibility index (Phi) is 5.29. The molecule has 0 radical (unpaired) electrons. The average molecular weight is 462 g/mol. The zero-order chi connectivity index (χ0) is 15.4. The number of rotatable bonds is 5. The van der Waals surface area contributed by atoms with Gasteiger partial charge >= 0.3 is 0 Å². The molecular formula is C14H9BrINO4. The van der Waals surface area contributed by atoms with Gasteiger partial charge in [0.25, 0.3) is 5.69 Å². The van der Waals surface area contributed by atoms with E-state index in [1.807, 2.05) is 12.1 Å². The highest BCUT2D eigenvalue weighted by molar-refractivity contribution is 14.1. The van der Waals surface area contributed by atoms with Crippen LogP contribution in [-0.4, -0.2) is 17.3 Å². The molecule has 0 aliphatic heterocycles. The van der Waals surface area contributed by atoms with Gasteiger partial charge in [0, 0.05) is 15.2 Å². The second-order valence-electron chi connectivity index (χ2n) is 4.09. The summed E-state index contributed by atoms with van der Waals surface area (Å²) in [5.41, 5.74) is 0.451. The number of ketones is 1. The summed E-state index contributed by atoms with van der Waals surface area (Å²) in [7, 11) is 0. The van der Waals surface area contributed by atoms with Gasteiger partial charge in [-0.3, -0.25) is 14.9 Å². The number of non-ortho nitro benzene ring substituents is 1. The van der Waals surface area contributed by atoms with Gasteiger partial charge in [0.15, 0.2) is 12.4 Å². The number of benzene rings is 2. The zero-order valence-corrected chi connectivity index (χ0v) is 14.3. The molecule has 0 N–H and O–H groups in total. The fraction of sp³-hybridized carbons (Fsp3) is 0.0714. The molecule has 0 amide bonds. The summed E-state index contributed by atoms with van der Waals surface area (Å²) in [6.45, 7) is -0.180. The first-order chi connectivity index (χ1) is 9.97. The van der Waals surface area contributed by atoms with Gasteiger partial charge in [0.2, 0.25) is 0 Å². The van der Waals surface area contributed by atoms with Crippen molar-refractivity contribution in [3.63, 3.8) is 0 Å². The number of carbonyl (C=O) groups excluding carboxylic acids is 1. The highest BCUT2D eigenvalue weighted by Gasteiger charge is 2.12. The molecule has 2 rings (SSSR count). The molecule has 21 heavy (non-hydrogen) atoms. The number of ether oxygens (including phenoxy) is 1. The molecule has 0 unspecified atom stereocenters. The number of halogens is 2. The van der Waals surface area contributed by atoms with Crippen LogP contribution in [0.25, 0.3) is 0 Å². The van der Waals surface area contributed by atoms with Gasteiger partial charge in [0.05, 0.1) is 15.5 Å². The normalized spacial score (nSPS) is 10.2. The Morgan fingerprint density at radius 3 is 2.52 bits per heavy atom. The van der Waals surface area contributed by atoms with Crippen LogP contribution in [0, 0.1) is 13.7 Å². The molecule has 108 valence electrons. The number of Topliss-reactive ketones (excluding diaryl/α,β-unsaturated/α-hetero) is 1. The summed E-state index contributed by atoms with van der Waals surface area (Å²) >= 11 is 5.39. The van der Waals surface area contributed by atoms with E-state index >= 15 is 0 Å². The molecule has 0 bridgehead atoms. The summed E-state index contributed by atoms with van der Waals surface area (Å²) in [4.78, 5) is 22.2. The standard InChI is InChI=1S/C14H9BrINO4/c15-12-6-5-11(17(19)20)7-14(12)21-8-13(18)9-1-3-10(16)4-2-9/h1-7H,8H2. The van der Waals surface area contributed by atoms with E-state index in [4.69, 9.17) is 4.74 Å². The second-order valence-corrected chi connectivity index (χ2v) is 6.19. The highest BCUT2D eigenvalue weighted by Crippen LogP contribution is 2.29. The molecular weight excluding hydrogens is 453 g/mol. The summed E-state index contributed by atoms with van der Waals surface area (Å²) in [6, 6.07) is 11.3. The number of hydrogen-bond donors (Lipinski definition) is 0. The predicted molar refractivity (Wildman–Crippen MR) is 89.8 cm³/mol. The first kappa shape index (κ1) is 15.9. The smallest absolute Gasteiger partial charge is 0.273 e. The van der Waals surface area contributed by atoms with Gasteiger partial charge in [0.1, 0.15) is 5.75 Å². The number of nitrogens with zero attached hydrogens (tertiary/aromatic N) is 1. The lowest BCUT2D eigenvalue weighted by Crippen LogP contribution is -2.11. The molecule has 2 aromatic rings. The highest BCUT2D eigenvalue weighted by atomic mass is 127. The summed E-state index contributed by atoms with van der Waals surface area (Å²) in [6.07, 6.45) is 0.